The molecule has 0 aliphatic heterocycles. The molecule has 0 amide bonds. The Labute approximate surface area is 99.9 Å². The summed E-state index contributed by atoms with van der Waals surface area (Å²) in [6.07, 6.45) is 8.14. The quantitative estimate of drug-likeness (QED) is 0.583. The van der Waals surface area contributed by atoms with E-state index in [1.165, 1.54) is 38.6 Å². The maximum absolute atomic E-state index is 5.40. The van der Waals surface area contributed by atoms with Gasteiger partial charge in [0.25, 0.3) is 0 Å². The lowest BCUT2D eigenvalue weighted by atomic mass is 10.1. The van der Waals surface area contributed by atoms with Gasteiger partial charge < -0.3 is 14.8 Å². The van der Waals surface area contributed by atoms with Crippen LogP contribution in [0.5, 0.6) is 0 Å². The van der Waals surface area contributed by atoms with Gasteiger partial charge in [-0.15, -0.1) is 0 Å². The summed E-state index contributed by atoms with van der Waals surface area (Å²) in [6.45, 7) is 4.68. The minimum absolute atomic E-state index is 0.708. The smallest absolute Gasteiger partial charge is 0.0700 e. The molecular formula is C13H27NO2. The molecule has 0 saturated heterocycles. The first-order valence-electron chi connectivity index (χ1n) is 6.71. The molecule has 0 unspecified atom stereocenters. The van der Waals surface area contributed by atoms with Crippen LogP contribution in [0.4, 0.5) is 0 Å². The molecule has 1 rings (SSSR count). The van der Waals surface area contributed by atoms with E-state index in [9.17, 15) is 0 Å². The van der Waals surface area contributed by atoms with E-state index in [2.05, 4.69) is 5.32 Å². The highest BCUT2D eigenvalue weighted by Crippen LogP contribution is 2.23. The van der Waals surface area contributed by atoms with Crippen LogP contribution in [0.1, 0.15) is 38.5 Å². The van der Waals surface area contributed by atoms with E-state index in [0.717, 1.165) is 32.1 Å². The molecule has 0 atom stereocenters. The summed E-state index contributed by atoms with van der Waals surface area (Å²) < 4.78 is 10.3. The van der Waals surface area contributed by atoms with Crippen molar-refractivity contribution >= 4 is 0 Å². The van der Waals surface area contributed by atoms with E-state index >= 15 is 0 Å². The highest BCUT2D eigenvalue weighted by molar-refractivity contribution is 4.69. The Morgan fingerprint density at radius 1 is 1.06 bits per heavy atom. The van der Waals surface area contributed by atoms with Gasteiger partial charge in [-0.2, -0.15) is 0 Å². The minimum atomic E-state index is 0.708. The molecule has 0 aromatic rings. The maximum atomic E-state index is 5.40. The van der Waals surface area contributed by atoms with Gasteiger partial charge in [-0.05, 0) is 44.7 Å². The predicted octanol–water partition coefficient (Wildman–Crippen LogP) is 2.21. The number of nitrogens with one attached hydrogen (secondary N) is 1. The summed E-state index contributed by atoms with van der Waals surface area (Å²) in [5.41, 5.74) is 0. The van der Waals surface area contributed by atoms with Crippen molar-refractivity contribution in [3.05, 3.63) is 0 Å². The molecule has 1 fully saturated rings. The zero-order valence-corrected chi connectivity index (χ0v) is 10.7. The average Bonchev–Trinajstić information content (AvgIpc) is 2.80. The third kappa shape index (κ3) is 7.20. The van der Waals surface area contributed by atoms with Crippen LogP contribution in [0.3, 0.4) is 0 Å². The summed E-state index contributed by atoms with van der Waals surface area (Å²) in [6, 6.07) is 0. The first-order valence-corrected chi connectivity index (χ1v) is 6.71. The Morgan fingerprint density at radius 2 is 1.88 bits per heavy atom. The standard InChI is InChI=1S/C13H27NO2/c1-15-10-11-16-9-5-4-8-14-12-13-6-2-3-7-13/h13-14H,2-12H2,1H3. The molecule has 3 nitrogen and oxygen atoms in total. The fraction of sp³-hybridized carbons (Fsp3) is 1.00. The average molecular weight is 229 g/mol. The number of rotatable bonds is 10. The summed E-state index contributed by atoms with van der Waals surface area (Å²) in [7, 11) is 1.70. The summed E-state index contributed by atoms with van der Waals surface area (Å²) in [5.74, 6) is 0.956. The van der Waals surface area contributed by atoms with Crippen molar-refractivity contribution in [2.75, 3.05) is 40.0 Å². The number of ether oxygens (including phenoxy) is 2. The third-order valence-corrected chi connectivity index (χ3v) is 3.23. The third-order valence-electron chi connectivity index (χ3n) is 3.23. The fourth-order valence-corrected chi connectivity index (χ4v) is 2.22. The van der Waals surface area contributed by atoms with E-state index in [-0.39, 0.29) is 0 Å². The van der Waals surface area contributed by atoms with Crippen molar-refractivity contribution < 1.29 is 9.47 Å². The second kappa shape index (κ2) is 10.1. The van der Waals surface area contributed by atoms with Crippen LogP contribution in [0, 0.1) is 5.92 Å². The maximum Gasteiger partial charge on any atom is 0.0700 e. The van der Waals surface area contributed by atoms with E-state index in [1.807, 2.05) is 0 Å². The number of hydrogen-bond donors (Lipinski definition) is 1. The Hall–Kier alpha value is -0.120. The van der Waals surface area contributed by atoms with Crippen LogP contribution in [0.2, 0.25) is 0 Å². The summed E-state index contributed by atoms with van der Waals surface area (Å²) in [4.78, 5) is 0. The van der Waals surface area contributed by atoms with Gasteiger partial charge >= 0.3 is 0 Å². The van der Waals surface area contributed by atoms with E-state index in [1.54, 1.807) is 7.11 Å². The van der Waals surface area contributed by atoms with Crippen molar-refractivity contribution in [2.24, 2.45) is 5.92 Å². The molecule has 96 valence electrons. The normalized spacial score (nSPS) is 17.1. The lowest BCUT2D eigenvalue weighted by molar-refractivity contribution is 0.0688. The molecule has 0 bridgehead atoms. The van der Waals surface area contributed by atoms with Crippen molar-refractivity contribution in [1.82, 2.24) is 5.32 Å². The zero-order chi connectivity index (χ0) is 11.5. The molecule has 0 aromatic heterocycles. The molecular weight excluding hydrogens is 202 g/mol. The Balaban J connectivity index is 1.71. The first-order chi connectivity index (χ1) is 7.93. The van der Waals surface area contributed by atoms with Crippen LogP contribution < -0.4 is 5.32 Å². The van der Waals surface area contributed by atoms with Crippen LogP contribution in [-0.4, -0.2) is 40.0 Å². The van der Waals surface area contributed by atoms with Gasteiger partial charge in [-0.1, -0.05) is 12.8 Å². The minimum Gasteiger partial charge on any atom is -0.382 e. The number of unbranched alkanes of at least 4 members (excludes halogenated alkanes) is 1. The Bertz CT molecular complexity index is 147. The highest BCUT2D eigenvalue weighted by atomic mass is 16.5. The largest absolute Gasteiger partial charge is 0.382 e. The molecule has 0 aromatic carbocycles. The zero-order valence-electron chi connectivity index (χ0n) is 10.7. The number of methoxy groups -OCH3 is 1. The van der Waals surface area contributed by atoms with Crippen molar-refractivity contribution in [3.63, 3.8) is 0 Å². The summed E-state index contributed by atoms with van der Waals surface area (Å²) in [5, 5.41) is 3.55. The van der Waals surface area contributed by atoms with E-state index in [4.69, 9.17) is 9.47 Å². The number of hydrogen-bond acceptors (Lipinski definition) is 3. The summed E-state index contributed by atoms with van der Waals surface area (Å²) >= 11 is 0. The molecule has 1 aliphatic rings. The highest BCUT2D eigenvalue weighted by Gasteiger charge is 2.13. The van der Waals surface area contributed by atoms with Crippen LogP contribution >= 0.6 is 0 Å². The van der Waals surface area contributed by atoms with Gasteiger partial charge in [0.2, 0.25) is 0 Å². The van der Waals surface area contributed by atoms with Crippen LogP contribution in [0.15, 0.2) is 0 Å². The Morgan fingerprint density at radius 3 is 2.62 bits per heavy atom. The van der Waals surface area contributed by atoms with E-state index in [0.29, 0.717) is 6.61 Å². The molecule has 1 N–H and O–H groups in total. The fourth-order valence-electron chi connectivity index (χ4n) is 2.22. The van der Waals surface area contributed by atoms with Crippen LogP contribution in [-0.2, 0) is 9.47 Å². The van der Waals surface area contributed by atoms with Gasteiger partial charge in [0.05, 0.1) is 13.2 Å². The van der Waals surface area contributed by atoms with Crippen molar-refractivity contribution in [2.45, 2.75) is 38.5 Å². The second-order valence-electron chi connectivity index (χ2n) is 4.67. The molecule has 0 heterocycles. The lowest BCUT2D eigenvalue weighted by Gasteiger charge is -2.10. The van der Waals surface area contributed by atoms with Gasteiger partial charge in [-0.25, -0.2) is 0 Å². The topological polar surface area (TPSA) is 30.5 Å². The van der Waals surface area contributed by atoms with Gasteiger partial charge in [-0.3, -0.25) is 0 Å². The SMILES string of the molecule is COCCOCCCCNCC1CCCC1. The molecule has 3 heteroatoms. The Kier molecular flexibility index (Phi) is 8.77. The van der Waals surface area contributed by atoms with Gasteiger partial charge in [0.15, 0.2) is 0 Å². The first kappa shape index (κ1) is 13.9. The lowest BCUT2D eigenvalue weighted by Crippen LogP contribution is -2.22. The van der Waals surface area contributed by atoms with Gasteiger partial charge in [0.1, 0.15) is 0 Å². The van der Waals surface area contributed by atoms with Crippen molar-refractivity contribution in [1.29, 1.82) is 0 Å². The van der Waals surface area contributed by atoms with Crippen molar-refractivity contribution in [3.8, 4) is 0 Å². The second-order valence-corrected chi connectivity index (χ2v) is 4.67. The molecule has 1 saturated carbocycles. The predicted molar refractivity (Wildman–Crippen MR) is 66.8 cm³/mol. The molecule has 0 spiro atoms. The molecule has 1 aliphatic carbocycles. The van der Waals surface area contributed by atoms with E-state index < -0.39 is 0 Å². The molecule has 16 heavy (non-hydrogen) atoms. The van der Waals surface area contributed by atoms with Gasteiger partial charge in [0, 0.05) is 13.7 Å². The van der Waals surface area contributed by atoms with Crippen LogP contribution in [0.25, 0.3) is 0 Å². The monoisotopic (exact) mass is 229 g/mol. The molecule has 0 radical (unpaired) electrons.